The van der Waals surface area contributed by atoms with E-state index in [1.807, 2.05) is 0 Å². The fourth-order valence-electron chi connectivity index (χ4n) is 2.33. The van der Waals surface area contributed by atoms with Crippen LogP contribution in [0.3, 0.4) is 0 Å². The van der Waals surface area contributed by atoms with Crippen LogP contribution in [-0.2, 0) is 9.59 Å². The van der Waals surface area contributed by atoms with E-state index in [9.17, 15) is 14.7 Å². The molecule has 0 saturated carbocycles. The fourth-order valence-corrected chi connectivity index (χ4v) is 2.51. The quantitative estimate of drug-likeness (QED) is 0.662. The zero-order valence-corrected chi connectivity index (χ0v) is 13.4. The van der Waals surface area contributed by atoms with E-state index in [2.05, 4.69) is 5.43 Å². The molecule has 122 valence electrons. The van der Waals surface area contributed by atoms with Gasteiger partial charge in [-0.2, -0.15) is 0 Å². The van der Waals surface area contributed by atoms with Crippen molar-refractivity contribution in [2.75, 3.05) is 12.1 Å². The predicted molar refractivity (Wildman–Crippen MR) is 89.7 cm³/mol. The summed E-state index contributed by atoms with van der Waals surface area (Å²) in [7, 11) is 1.42. The molecule has 0 unspecified atom stereocenters. The third-order valence-electron chi connectivity index (χ3n) is 3.51. The number of hydrazine groups is 1. The number of benzene rings is 2. The summed E-state index contributed by atoms with van der Waals surface area (Å²) in [6, 6.07) is 11.4. The smallest absolute Gasteiger partial charge is 0.282 e. The molecule has 2 amide bonds. The standard InChI is InChI=1S/C17H13ClN2O4/c1-24-14-7-2-4-10(15(14)21)8-13-16(22)19-20(17(13)23)12-6-3-5-11(18)9-12/h2-9,21H,1H3,(H,19,22)/b13-8+. The second kappa shape index (κ2) is 6.25. The molecule has 1 aliphatic rings. The molecule has 2 aromatic carbocycles. The van der Waals surface area contributed by atoms with Gasteiger partial charge in [-0.3, -0.25) is 15.0 Å². The first kappa shape index (κ1) is 15.9. The molecular formula is C17H13ClN2O4. The summed E-state index contributed by atoms with van der Waals surface area (Å²) < 4.78 is 5.02. The van der Waals surface area contributed by atoms with Crippen molar-refractivity contribution in [3.05, 3.63) is 58.6 Å². The number of ether oxygens (including phenoxy) is 1. The van der Waals surface area contributed by atoms with E-state index < -0.39 is 11.8 Å². The zero-order valence-electron chi connectivity index (χ0n) is 12.6. The van der Waals surface area contributed by atoms with Crippen molar-refractivity contribution in [1.29, 1.82) is 0 Å². The molecule has 1 aliphatic heterocycles. The normalized spacial score (nSPS) is 15.8. The Bertz CT molecular complexity index is 863. The monoisotopic (exact) mass is 344 g/mol. The molecule has 2 N–H and O–H groups in total. The van der Waals surface area contributed by atoms with Crippen LogP contribution < -0.4 is 15.2 Å². The molecule has 2 aromatic rings. The minimum atomic E-state index is -0.567. The Balaban J connectivity index is 1.98. The lowest BCUT2D eigenvalue weighted by atomic mass is 10.1. The number of aromatic hydroxyl groups is 1. The number of hydrogen-bond acceptors (Lipinski definition) is 4. The van der Waals surface area contributed by atoms with E-state index >= 15 is 0 Å². The van der Waals surface area contributed by atoms with Crippen molar-refractivity contribution in [3.8, 4) is 11.5 Å². The van der Waals surface area contributed by atoms with Crippen LogP contribution in [0, 0.1) is 0 Å². The maximum Gasteiger partial charge on any atom is 0.282 e. The number of phenols is 1. The van der Waals surface area contributed by atoms with Gasteiger partial charge in [0.05, 0.1) is 12.8 Å². The fraction of sp³-hybridized carbons (Fsp3) is 0.0588. The molecular weight excluding hydrogens is 332 g/mol. The predicted octanol–water partition coefficient (Wildman–Crippen LogP) is 2.52. The number of carbonyl (C=O) groups excluding carboxylic acids is 2. The lowest BCUT2D eigenvalue weighted by Gasteiger charge is -2.14. The molecule has 0 bridgehead atoms. The summed E-state index contributed by atoms with van der Waals surface area (Å²) in [4.78, 5) is 24.7. The lowest BCUT2D eigenvalue weighted by Crippen LogP contribution is -2.35. The molecule has 24 heavy (non-hydrogen) atoms. The second-order valence-electron chi connectivity index (χ2n) is 5.02. The SMILES string of the molecule is COc1cccc(/C=C2\C(=O)NN(c3cccc(Cl)c3)C2=O)c1O. The average molecular weight is 345 g/mol. The van der Waals surface area contributed by atoms with Crippen LogP contribution in [0.4, 0.5) is 5.69 Å². The van der Waals surface area contributed by atoms with Crippen molar-refractivity contribution in [1.82, 2.24) is 5.43 Å². The Labute approximate surface area is 142 Å². The van der Waals surface area contributed by atoms with Crippen LogP contribution >= 0.6 is 11.6 Å². The summed E-state index contributed by atoms with van der Waals surface area (Å²) in [5.74, 6) is -0.997. The van der Waals surface area contributed by atoms with Crippen molar-refractivity contribution < 1.29 is 19.4 Å². The van der Waals surface area contributed by atoms with E-state index in [1.54, 1.807) is 42.5 Å². The van der Waals surface area contributed by atoms with E-state index in [1.165, 1.54) is 13.2 Å². The minimum absolute atomic E-state index is 0.0986. The van der Waals surface area contributed by atoms with Crippen molar-refractivity contribution in [2.24, 2.45) is 0 Å². The summed E-state index contributed by atoms with van der Waals surface area (Å²) in [6.07, 6.45) is 1.32. The number of methoxy groups -OCH3 is 1. The number of nitrogens with one attached hydrogen (secondary N) is 1. The van der Waals surface area contributed by atoms with Gasteiger partial charge < -0.3 is 9.84 Å². The minimum Gasteiger partial charge on any atom is -0.504 e. The van der Waals surface area contributed by atoms with Gasteiger partial charge in [0, 0.05) is 10.6 Å². The highest BCUT2D eigenvalue weighted by atomic mass is 35.5. The Morgan fingerprint density at radius 2 is 1.96 bits per heavy atom. The molecule has 1 fully saturated rings. The molecule has 6 nitrogen and oxygen atoms in total. The lowest BCUT2D eigenvalue weighted by molar-refractivity contribution is -0.117. The van der Waals surface area contributed by atoms with Crippen molar-refractivity contribution >= 4 is 35.2 Å². The van der Waals surface area contributed by atoms with E-state index in [4.69, 9.17) is 16.3 Å². The molecule has 0 spiro atoms. The van der Waals surface area contributed by atoms with Gasteiger partial charge in [0.15, 0.2) is 11.5 Å². The Kier molecular flexibility index (Phi) is 4.14. The van der Waals surface area contributed by atoms with Crippen LogP contribution in [0.15, 0.2) is 48.0 Å². The number of rotatable bonds is 3. The highest BCUT2D eigenvalue weighted by molar-refractivity contribution is 6.33. The van der Waals surface area contributed by atoms with Gasteiger partial charge >= 0.3 is 0 Å². The van der Waals surface area contributed by atoms with Crippen LogP contribution in [0.25, 0.3) is 6.08 Å². The zero-order chi connectivity index (χ0) is 17.3. The third kappa shape index (κ3) is 2.79. The highest BCUT2D eigenvalue weighted by Crippen LogP contribution is 2.32. The third-order valence-corrected chi connectivity index (χ3v) is 3.74. The summed E-state index contributed by atoms with van der Waals surface area (Å²) in [6.45, 7) is 0. The first-order valence-electron chi connectivity index (χ1n) is 7.00. The van der Waals surface area contributed by atoms with Crippen LogP contribution in [0.2, 0.25) is 5.02 Å². The van der Waals surface area contributed by atoms with E-state index in [0.29, 0.717) is 16.3 Å². The van der Waals surface area contributed by atoms with Gasteiger partial charge in [-0.15, -0.1) is 0 Å². The van der Waals surface area contributed by atoms with Crippen LogP contribution in [0.1, 0.15) is 5.56 Å². The van der Waals surface area contributed by atoms with Gasteiger partial charge in [-0.1, -0.05) is 29.8 Å². The summed E-state index contributed by atoms with van der Waals surface area (Å²) >= 11 is 5.92. The maximum absolute atomic E-state index is 12.5. The molecule has 1 saturated heterocycles. The Morgan fingerprint density at radius 1 is 1.21 bits per heavy atom. The number of phenolic OH excluding ortho intramolecular Hbond substituents is 1. The molecule has 0 aliphatic carbocycles. The molecule has 3 rings (SSSR count). The van der Waals surface area contributed by atoms with Gasteiger partial charge in [0.1, 0.15) is 5.57 Å². The highest BCUT2D eigenvalue weighted by Gasteiger charge is 2.34. The van der Waals surface area contributed by atoms with Crippen molar-refractivity contribution in [3.63, 3.8) is 0 Å². The Morgan fingerprint density at radius 3 is 2.67 bits per heavy atom. The van der Waals surface area contributed by atoms with Gasteiger partial charge in [-0.25, -0.2) is 5.01 Å². The van der Waals surface area contributed by atoms with E-state index in [-0.39, 0.29) is 17.1 Å². The van der Waals surface area contributed by atoms with Crippen LogP contribution in [0.5, 0.6) is 11.5 Å². The number of carbonyl (C=O) groups is 2. The second-order valence-corrected chi connectivity index (χ2v) is 5.45. The van der Waals surface area contributed by atoms with Crippen molar-refractivity contribution in [2.45, 2.75) is 0 Å². The average Bonchev–Trinajstić information content (AvgIpc) is 2.85. The summed E-state index contributed by atoms with van der Waals surface area (Å²) in [5, 5.41) is 11.6. The molecule has 1 heterocycles. The molecule has 0 radical (unpaired) electrons. The number of nitrogens with zero attached hydrogens (tertiary/aromatic N) is 1. The largest absolute Gasteiger partial charge is 0.504 e. The van der Waals surface area contributed by atoms with Crippen LogP contribution in [-0.4, -0.2) is 24.0 Å². The number of hydrogen-bond donors (Lipinski definition) is 2. The van der Waals surface area contributed by atoms with Gasteiger partial charge in [0.25, 0.3) is 11.8 Å². The van der Waals surface area contributed by atoms with E-state index in [0.717, 1.165) is 5.01 Å². The number of amides is 2. The van der Waals surface area contributed by atoms with Gasteiger partial charge in [-0.05, 0) is 30.3 Å². The Hall–Kier alpha value is -2.99. The molecule has 7 heteroatoms. The summed E-state index contributed by atoms with van der Waals surface area (Å²) in [5.41, 5.74) is 3.12. The molecule has 0 aromatic heterocycles. The molecule has 0 atom stereocenters. The number of para-hydroxylation sites is 1. The van der Waals surface area contributed by atoms with Gasteiger partial charge in [0.2, 0.25) is 0 Å². The maximum atomic E-state index is 12.5. The number of anilines is 1. The first-order chi connectivity index (χ1) is 11.5. The topological polar surface area (TPSA) is 78.9 Å². The number of halogens is 1. The first-order valence-corrected chi connectivity index (χ1v) is 7.37.